The largest absolute Gasteiger partial charge is 0.493 e. The minimum atomic E-state index is -0.919. The number of ether oxygens (including phenoxy) is 13. The molecule has 1 aliphatic carbocycles. The predicted octanol–water partition coefficient (Wildman–Crippen LogP) is 25.0. The molecule has 6 amide bonds. The molecule has 0 saturated heterocycles. The van der Waals surface area contributed by atoms with E-state index in [9.17, 15) is 65.1 Å². The van der Waals surface area contributed by atoms with Crippen molar-refractivity contribution < 1.29 is 127 Å². The molecule has 0 heterocycles. The Kier molecular flexibility index (Phi) is 44.0. The lowest BCUT2D eigenvalue weighted by atomic mass is 10.0. The molecule has 0 aliphatic heterocycles. The number of anilines is 6. The molecule has 1 saturated carbocycles. The zero-order valence-corrected chi connectivity index (χ0v) is 85.7. The highest BCUT2D eigenvalue weighted by atomic mass is 16.7. The lowest BCUT2D eigenvalue weighted by Crippen LogP contribution is -2.28. The second-order valence-corrected chi connectivity index (χ2v) is 33.8. The van der Waals surface area contributed by atoms with E-state index in [0.29, 0.717) is 93.8 Å². The molecule has 0 atom stereocenters. The van der Waals surface area contributed by atoms with Crippen molar-refractivity contribution in [1.29, 1.82) is 0 Å². The van der Waals surface area contributed by atoms with E-state index in [1.807, 2.05) is 238 Å². The van der Waals surface area contributed by atoms with Gasteiger partial charge in [0.25, 0.3) is 0 Å². The Morgan fingerprint density at radius 1 is 0.257 bits per heavy atom. The van der Waals surface area contributed by atoms with Gasteiger partial charge in [-0.2, -0.15) is 30.4 Å². The van der Waals surface area contributed by atoms with Crippen molar-refractivity contribution >= 4 is 70.7 Å². The van der Waals surface area contributed by atoms with Crippen molar-refractivity contribution in [2.24, 2.45) is 0 Å². The average molecular weight is 1980 g/mol. The number of aryl methyl sites for hydroxylation is 15. The highest BCUT2D eigenvalue weighted by molar-refractivity contribution is 5.90. The van der Waals surface area contributed by atoms with Gasteiger partial charge in [-0.25, -0.2) is 28.8 Å². The fourth-order valence-electron chi connectivity index (χ4n) is 15.3. The molecule has 1 aliphatic rings. The Labute approximate surface area is 841 Å². The molecular weight excluding hydrogens is 1850 g/mol. The van der Waals surface area contributed by atoms with Crippen LogP contribution in [0.3, 0.4) is 0 Å². The van der Waals surface area contributed by atoms with Crippen molar-refractivity contribution in [3.63, 3.8) is 0 Å². The first kappa shape index (κ1) is 114. The summed E-state index contributed by atoms with van der Waals surface area (Å²) in [6, 6.07) is 67.1. The second-order valence-electron chi connectivity index (χ2n) is 33.8. The first-order chi connectivity index (χ1) is 68.8. The van der Waals surface area contributed by atoms with E-state index >= 15 is 0 Å². The fraction of sp³-hybridized carbons (Fsp3) is 0.304. The van der Waals surface area contributed by atoms with Gasteiger partial charge < -0.3 is 66.7 Å². The Morgan fingerprint density at radius 3 is 0.750 bits per heavy atom. The van der Waals surface area contributed by atoms with Gasteiger partial charge in [-0.15, -0.1) is 0 Å². The Hall–Kier alpha value is -15.4. The van der Waals surface area contributed by atoms with Crippen LogP contribution >= 0.6 is 0 Å². The van der Waals surface area contributed by atoms with Crippen molar-refractivity contribution in [1.82, 2.24) is 0 Å². The number of carbonyl (C=O) groups excluding carboxylic acids is 6. The number of aliphatic hydroxyl groups excluding tert-OH is 1. The highest BCUT2D eigenvalue weighted by Crippen LogP contribution is 2.45. The summed E-state index contributed by atoms with van der Waals surface area (Å²) in [4.78, 5) is 69.7. The highest BCUT2D eigenvalue weighted by Gasteiger charge is 2.31. The van der Waals surface area contributed by atoms with Crippen LogP contribution in [-0.4, -0.2) is 122 Å². The van der Waals surface area contributed by atoms with Crippen molar-refractivity contribution in [3.8, 4) is 40.2 Å². The van der Waals surface area contributed by atoms with E-state index in [0.717, 1.165) is 137 Å². The Bertz CT molecular complexity index is 6110. The number of hydrogen-bond donors (Lipinski definition) is 7. The summed E-state index contributed by atoms with van der Waals surface area (Å²) in [5.41, 5.74) is 23.6. The minimum Gasteiger partial charge on any atom is -0.493 e. The standard InChI is InChI=1S/C20H23NO4.C19H23NO5.C19H23NO4.C18H21NO5.2C18H21NO4/c1-13-7-10-19(14(2)11-13)25-12-17-16(15-8-9-15)5-4-6-18(17)21(23)20(22)24-3;1-5-24-18-8-6-7-16(20(22)19(21)23-4)15(18)12-25-17-10-9-13(2)11-14(17)3;1-5-15-7-6-8-17(20(22)19(21)23-4)16(15)12-24-18-10-9-13(2)11-14(18)3;1-12-7-8-17(13(2)9-12)24-11-15-14(10-20)5-4-6-16(15)19(22)18(21)23-3;2*1-12-8-9-17(14(3)10-12)23-11-15-13(2)6-5-7-16(15)19(21)18(20)22-4/h4-7,10-11,15,23H,8-9,12H2,1-3H3;6-11,22H,5,12H2,1-4H3;6-11,22H,5,12H2,1-4H3;4-9,20,22H,10-11H2,1-3H3;2*5-10,21H,11H2,1-4H3. The molecule has 7 N–H and O–H groups in total. The normalized spacial score (nSPS) is 10.9. The van der Waals surface area contributed by atoms with E-state index in [-0.39, 0.29) is 57.6 Å². The summed E-state index contributed by atoms with van der Waals surface area (Å²) in [6.45, 7) is 33.1. The van der Waals surface area contributed by atoms with E-state index < -0.39 is 36.6 Å². The zero-order valence-electron chi connectivity index (χ0n) is 85.7. The van der Waals surface area contributed by atoms with Crippen LogP contribution in [0.5, 0.6) is 40.2 Å². The molecule has 144 heavy (non-hydrogen) atoms. The van der Waals surface area contributed by atoms with Gasteiger partial charge in [0, 0.05) is 27.8 Å². The molecule has 0 spiro atoms. The molecule has 13 rings (SSSR count). The summed E-state index contributed by atoms with van der Waals surface area (Å²) in [6.07, 6.45) is -2.16. The summed E-state index contributed by atoms with van der Waals surface area (Å²) in [5.74, 6) is 5.54. The molecule has 0 radical (unpaired) electrons. The average Bonchev–Trinajstić information content (AvgIpc) is 1.70. The number of benzene rings is 12. The van der Waals surface area contributed by atoms with Gasteiger partial charge in [-0.1, -0.05) is 180 Å². The van der Waals surface area contributed by atoms with Crippen LogP contribution in [0.2, 0.25) is 0 Å². The van der Waals surface area contributed by atoms with Gasteiger partial charge in [0.05, 0.1) is 95.6 Å². The van der Waals surface area contributed by atoms with Gasteiger partial charge >= 0.3 is 36.6 Å². The van der Waals surface area contributed by atoms with E-state index in [2.05, 4.69) is 40.6 Å². The van der Waals surface area contributed by atoms with Crippen molar-refractivity contribution in [3.05, 3.63) is 346 Å². The second kappa shape index (κ2) is 55.7. The van der Waals surface area contributed by atoms with Gasteiger partial charge in [-0.3, -0.25) is 31.2 Å². The minimum absolute atomic E-state index is 0.0873. The summed E-state index contributed by atoms with van der Waals surface area (Å²) < 4.78 is 68.4. The van der Waals surface area contributed by atoms with E-state index in [1.165, 1.54) is 64.9 Å². The lowest BCUT2D eigenvalue weighted by Gasteiger charge is -2.20. The first-order valence-electron chi connectivity index (χ1n) is 46.3. The number of nitrogens with zero attached hydrogens (tertiary/aromatic N) is 6. The van der Waals surface area contributed by atoms with Gasteiger partial charge in [0.1, 0.15) is 79.9 Å². The smallest absolute Gasteiger partial charge is 0.438 e. The molecule has 0 aromatic heterocycles. The van der Waals surface area contributed by atoms with Crippen LogP contribution in [0.1, 0.15) is 161 Å². The molecule has 32 nitrogen and oxygen atoms in total. The van der Waals surface area contributed by atoms with E-state index in [1.54, 1.807) is 78.9 Å². The molecule has 0 bridgehead atoms. The topological polar surface area (TPSA) is 383 Å². The van der Waals surface area contributed by atoms with Crippen LogP contribution in [0.4, 0.5) is 62.9 Å². The van der Waals surface area contributed by atoms with Gasteiger partial charge in [0.2, 0.25) is 0 Å². The van der Waals surface area contributed by atoms with Crippen LogP contribution in [0.15, 0.2) is 218 Å². The summed E-state index contributed by atoms with van der Waals surface area (Å²) in [7, 11) is 7.26. The molecule has 766 valence electrons. The molecule has 32 heteroatoms. The third-order valence-corrected chi connectivity index (χ3v) is 23.1. The quantitative estimate of drug-likeness (QED) is 0.0130. The number of aliphatic hydroxyl groups is 1. The van der Waals surface area contributed by atoms with E-state index in [4.69, 9.17) is 33.2 Å². The van der Waals surface area contributed by atoms with Crippen LogP contribution in [-0.2, 0) is 81.1 Å². The third kappa shape index (κ3) is 31.8. The van der Waals surface area contributed by atoms with Crippen LogP contribution < -0.4 is 63.5 Å². The Balaban J connectivity index is 0.000000211. The number of carbonyl (C=O) groups is 6. The van der Waals surface area contributed by atoms with Crippen LogP contribution in [0, 0.1) is 96.9 Å². The number of hydroxylamine groups is 6. The van der Waals surface area contributed by atoms with Crippen LogP contribution in [0.25, 0.3) is 0 Å². The van der Waals surface area contributed by atoms with Crippen molar-refractivity contribution in [2.75, 3.05) is 79.6 Å². The monoisotopic (exact) mass is 1980 g/mol. The fourth-order valence-corrected chi connectivity index (χ4v) is 15.3. The van der Waals surface area contributed by atoms with Crippen molar-refractivity contribution in [2.45, 2.75) is 182 Å². The van der Waals surface area contributed by atoms with Gasteiger partial charge in [-0.05, 0) is 269 Å². The maximum atomic E-state index is 11.7. The third-order valence-electron chi connectivity index (χ3n) is 23.1. The number of amides is 6. The first-order valence-corrected chi connectivity index (χ1v) is 46.3. The summed E-state index contributed by atoms with van der Waals surface area (Å²) >= 11 is 0. The number of methoxy groups -OCH3 is 6. The SMILES string of the molecule is CCOc1cccc(N(O)C(=O)OC)c1COc1ccc(C)cc1C.CCc1cccc(N(O)C(=O)OC)c1COc1ccc(C)cc1C.COC(=O)N(O)c1cccc(C)c1COc1ccc(C)cc1C.COC(=O)N(O)c1cccc(C)c1COc1ccc(C)cc1C.COC(=O)N(O)c1cccc(C2CC2)c1COc1ccc(C)cc1C.COC(=O)N(O)c1cccc(CO)c1COc1ccc(C)cc1C. The predicted molar refractivity (Wildman–Crippen MR) is 548 cm³/mol. The molecular formula is C112H132N6O26. The lowest BCUT2D eigenvalue weighted by molar-refractivity contribution is 0.140. The number of rotatable bonds is 29. The molecule has 0 unspecified atom stereocenters. The maximum Gasteiger partial charge on any atom is 0.438 e. The number of hydrogen-bond acceptors (Lipinski definition) is 26. The molecule has 12 aromatic rings. The molecule has 12 aromatic carbocycles. The summed E-state index contributed by atoms with van der Waals surface area (Å²) in [5, 5.41) is 72.8. The Morgan fingerprint density at radius 2 is 0.486 bits per heavy atom. The zero-order chi connectivity index (χ0) is 106. The molecule has 1 fully saturated rings. The maximum absolute atomic E-state index is 11.7. The van der Waals surface area contributed by atoms with Gasteiger partial charge in [0.15, 0.2) is 0 Å².